The zero-order chi connectivity index (χ0) is 19.8. The van der Waals surface area contributed by atoms with Crippen LogP contribution in [0.4, 0.5) is 0 Å². The molecule has 0 aliphatic carbocycles. The molecule has 28 heavy (non-hydrogen) atoms. The molecule has 5 nitrogen and oxygen atoms in total. The van der Waals surface area contributed by atoms with Gasteiger partial charge in [0.05, 0.1) is 10.9 Å². The number of nitrogens with zero attached hydrogens (tertiary/aromatic N) is 4. The molecular weight excluding hydrogens is 368 g/mol. The van der Waals surface area contributed by atoms with E-state index in [0.29, 0.717) is 23.6 Å². The van der Waals surface area contributed by atoms with Gasteiger partial charge in [-0.1, -0.05) is 61.5 Å². The Morgan fingerprint density at radius 3 is 2.61 bits per heavy atom. The van der Waals surface area contributed by atoms with Gasteiger partial charge in [-0.05, 0) is 43.0 Å². The predicted octanol–water partition coefficient (Wildman–Crippen LogP) is 4.61. The molecule has 0 atom stereocenters. The second kappa shape index (κ2) is 7.43. The Bertz CT molecular complexity index is 1220. The molecule has 2 heterocycles. The van der Waals surface area contributed by atoms with Gasteiger partial charge in [0.25, 0.3) is 5.56 Å². The fourth-order valence-corrected chi connectivity index (χ4v) is 4.45. The van der Waals surface area contributed by atoms with Gasteiger partial charge in [-0.3, -0.25) is 13.8 Å². The van der Waals surface area contributed by atoms with Crippen LogP contribution in [-0.4, -0.2) is 19.2 Å². The quantitative estimate of drug-likeness (QED) is 0.466. The Morgan fingerprint density at radius 1 is 1.07 bits per heavy atom. The zero-order valence-electron chi connectivity index (χ0n) is 16.6. The summed E-state index contributed by atoms with van der Waals surface area (Å²) in [5.41, 5.74) is 4.48. The first-order chi connectivity index (χ1) is 13.5. The lowest BCUT2D eigenvalue weighted by molar-refractivity contribution is 0.517. The smallest absolute Gasteiger partial charge is 0.262 e. The molecule has 0 radical (unpaired) electrons. The number of thioether (sulfide) groups is 1. The molecule has 0 amide bonds. The van der Waals surface area contributed by atoms with Gasteiger partial charge in [-0.25, -0.2) is 0 Å². The van der Waals surface area contributed by atoms with E-state index in [0.717, 1.165) is 22.0 Å². The van der Waals surface area contributed by atoms with Crippen molar-refractivity contribution >= 4 is 28.4 Å². The standard InChI is InChI=1S/C22H24N4OS/c1-14(2)12-25-20(27)18-11-15(3)9-10-19(18)26-21(25)23-24-22(26)28-13-17-8-6-5-7-16(17)4/h5-11,14H,12-13H2,1-4H3. The first-order valence-corrected chi connectivity index (χ1v) is 10.5. The predicted molar refractivity (Wildman–Crippen MR) is 115 cm³/mol. The first kappa shape index (κ1) is 18.7. The number of aromatic nitrogens is 4. The molecule has 0 fully saturated rings. The van der Waals surface area contributed by atoms with E-state index in [9.17, 15) is 4.79 Å². The molecule has 144 valence electrons. The third-order valence-corrected chi connectivity index (χ3v) is 5.87. The van der Waals surface area contributed by atoms with Crippen molar-refractivity contribution in [3.05, 3.63) is 69.5 Å². The van der Waals surface area contributed by atoms with E-state index in [1.54, 1.807) is 16.3 Å². The zero-order valence-corrected chi connectivity index (χ0v) is 17.5. The van der Waals surface area contributed by atoms with Gasteiger partial charge in [-0.2, -0.15) is 0 Å². The van der Waals surface area contributed by atoms with Crippen LogP contribution in [0.25, 0.3) is 16.7 Å². The Labute approximate surface area is 168 Å². The monoisotopic (exact) mass is 392 g/mol. The largest absolute Gasteiger partial charge is 0.276 e. The molecule has 0 unspecified atom stereocenters. The Balaban J connectivity index is 1.89. The van der Waals surface area contributed by atoms with Crippen molar-refractivity contribution in [2.24, 2.45) is 5.92 Å². The van der Waals surface area contributed by atoms with Gasteiger partial charge in [0.1, 0.15) is 0 Å². The van der Waals surface area contributed by atoms with E-state index < -0.39 is 0 Å². The van der Waals surface area contributed by atoms with Crippen LogP contribution in [0.5, 0.6) is 0 Å². The lowest BCUT2D eigenvalue weighted by Crippen LogP contribution is -2.25. The summed E-state index contributed by atoms with van der Waals surface area (Å²) in [5.74, 6) is 1.76. The fourth-order valence-electron chi connectivity index (χ4n) is 3.44. The molecule has 0 saturated heterocycles. The summed E-state index contributed by atoms with van der Waals surface area (Å²) in [6.07, 6.45) is 0. The first-order valence-electron chi connectivity index (χ1n) is 9.51. The number of aryl methyl sites for hydroxylation is 2. The third-order valence-electron chi connectivity index (χ3n) is 4.89. The normalized spacial score (nSPS) is 11.8. The minimum atomic E-state index is 0.00255. The van der Waals surface area contributed by atoms with Gasteiger partial charge in [0.2, 0.25) is 5.78 Å². The molecule has 2 aromatic heterocycles. The molecule has 0 aliphatic rings. The molecule has 0 saturated carbocycles. The minimum absolute atomic E-state index is 0.00255. The molecule has 0 N–H and O–H groups in total. The molecule has 0 bridgehead atoms. The highest BCUT2D eigenvalue weighted by Crippen LogP contribution is 2.26. The molecule has 6 heteroatoms. The molecule has 0 spiro atoms. The van der Waals surface area contributed by atoms with Crippen LogP contribution in [0, 0.1) is 19.8 Å². The van der Waals surface area contributed by atoms with Crippen molar-refractivity contribution < 1.29 is 0 Å². The van der Waals surface area contributed by atoms with Gasteiger partial charge in [-0.15, -0.1) is 10.2 Å². The number of hydrogen-bond donors (Lipinski definition) is 0. The maximum absolute atomic E-state index is 13.1. The SMILES string of the molecule is Cc1ccc2c(c1)c(=O)n(CC(C)C)c1nnc(SCc3ccccc3C)n21. The van der Waals surface area contributed by atoms with Crippen molar-refractivity contribution in [1.29, 1.82) is 0 Å². The maximum Gasteiger partial charge on any atom is 0.262 e. The van der Waals surface area contributed by atoms with Crippen molar-refractivity contribution in [1.82, 2.24) is 19.2 Å². The second-order valence-electron chi connectivity index (χ2n) is 7.66. The number of hydrogen-bond acceptors (Lipinski definition) is 4. The van der Waals surface area contributed by atoms with Crippen LogP contribution in [-0.2, 0) is 12.3 Å². The highest BCUT2D eigenvalue weighted by molar-refractivity contribution is 7.98. The third kappa shape index (κ3) is 3.33. The van der Waals surface area contributed by atoms with Gasteiger partial charge in [0.15, 0.2) is 5.16 Å². The van der Waals surface area contributed by atoms with E-state index >= 15 is 0 Å². The summed E-state index contributed by atoms with van der Waals surface area (Å²) in [5, 5.41) is 10.4. The van der Waals surface area contributed by atoms with Crippen LogP contribution in [0.3, 0.4) is 0 Å². The van der Waals surface area contributed by atoms with Gasteiger partial charge in [0, 0.05) is 12.3 Å². The van der Waals surface area contributed by atoms with E-state index in [2.05, 4.69) is 55.2 Å². The van der Waals surface area contributed by atoms with Crippen LogP contribution in [0.15, 0.2) is 52.4 Å². The summed E-state index contributed by atoms with van der Waals surface area (Å²) in [7, 11) is 0. The summed E-state index contributed by atoms with van der Waals surface area (Å²) < 4.78 is 3.79. The van der Waals surface area contributed by atoms with Crippen molar-refractivity contribution in [2.75, 3.05) is 0 Å². The molecule has 0 aliphatic heterocycles. The maximum atomic E-state index is 13.1. The summed E-state index contributed by atoms with van der Waals surface area (Å²) in [4.78, 5) is 13.1. The van der Waals surface area contributed by atoms with Crippen molar-refractivity contribution in [2.45, 2.75) is 45.1 Å². The summed E-state index contributed by atoms with van der Waals surface area (Å²) >= 11 is 1.65. The minimum Gasteiger partial charge on any atom is -0.276 e. The average Bonchev–Trinajstić information content (AvgIpc) is 3.08. The van der Waals surface area contributed by atoms with Crippen molar-refractivity contribution in [3.8, 4) is 0 Å². The molecule has 2 aromatic carbocycles. The molecular formula is C22H24N4OS. The second-order valence-corrected chi connectivity index (χ2v) is 8.61. The Kier molecular flexibility index (Phi) is 4.98. The van der Waals surface area contributed by atoms with Crippen LogP contribution in [0.1, 0.15) is 30.5 Å². The van der Waals surface area contributed by atoms with Crippen LogP contribution >= 0.6 is 11.8 Å². The Morgan fingerprint density at radius 2 is 1.86 bits per heavy atom. The summed E-state index contributed by atoms with van der Waals surface area (Å²) in [6.45, 7) is 8.96. The lowest BCUT2D eigenvalue weighted by Gasteiger charge is -2.13. The Hall–Kier alpha value is -2.60. The lowest BCUT2D eigenvalue weighted by atomic mass is 10.1. The van der Waals surface area contributed by atoms with Gasteiger partial charge >= 0.3 is 0 Å². The van der Waals surface area contributed by atoms with Crippen LogP contribution < -0.4 is 5.56 Å². The fraction of sp³-hybridized carbons (Fsp3) is 0.318. The van der Waals surface area contributed by atoms with Gasteiger partial charge < -0.3 is 0 Å². The van der Waals surface area contributed by atoms with E-state index in [-0.39, 0.29) is 5.56 Å². The van der Waals surface area contributed by atoms with E-state index in [4.69, 9.17) is 0 Å². The highest BCUT2D eigenvalue weighted by atomic mass is 32.2. The topological polar surface area (TPSA) is 52.2 Å². The number of rotatable bonds is 5. The number of fused-ring (bicyclic) bond motifs is 3. The molecule has 4 rings (SSSR count). The van der Waals surface area contributed by atoms with E-state index in [1.807, 2.05) is 29.5 Å². The van der Waals surface area contributed by atoms with E-state index in [1.165, 1.54) is 11.1 Å². The highest BCUT2D eigenvalue weighted by Gasteiger charge is 2.18. The number of benzene rings is 2. The summed E-state index contributed by atoms with van der Waals surface area (Å²) in [6, 6.07) is 14.4. The van der Waals surface area contributed by atoms with Crippen LogP contribution in [0.2, 0.25) is 0 Å². The molecule has 4 aromatic rings. The average molecular weight is 393 g/mol. The van der Waals surface area contributed by atoms with Crippen molar-refractivity contribution in [3.63, 3.8) is 0 Å².